The number of hydrogen-bond acceptors (Lipinski definition) is 6. The van der Waals surface area contributed by atoms with Gasteiger partial charge in [-0.3, -0.25) is 0 Å². The molecule has 358 valence electrons. The van der Waals surface area contributed by atoms with Crippen LogP contribution in [0.3, 0.4) is 0 Å². The Labute approximate surface area is 441 Å². The summed E-state index contributed by atoms with van der Waals surface area (Å²) in [7, 11) is 0. The highest BCUT2D eigenvalue weighted by Crippen LogP contribution is 2.52. The molecular weight excluding hydrogens is 945 g/mol. The molecule has 7 heteroatoms. The van der Waals surface area contributed by atoms with Gasteiger partial charge in [0.2, 0.25) is 0 Å². The minimum absolute atomic E-state index is 0.548. The van der Waals surface area contributed by atoms with Gasteiger partial charge in [-0.1, -0.05) is 182 Å². The standard InChI is InChI=1S/C70H40N4O3/c1-72-46-34-38-48(39-35-46)74(60-31-15-29-58-56-27-13-25-50(68(56)77-70(58)60)45-18-6-3-7-19-45)62-41-64-66(54-23-11-9-21-52(54)62)65-53-22-10-8-20-51(53)61(40-63(65)75-64)73(47-36-32-43(42-71)33-37-47)59-30-14-28-57-55-26-12-24-49(67(55)76-69(57)59)44-16-4-2-5-17-44/h2-41H. The number of fused-ring (bicyclic) bond motifs is 13. The molecule has 3 aromatic heterocycles. The first-order valence-corrected chi connectivity index (χ1v) is 25.5. The van der Waals surface area contributed by atoms with E-state index in [-0.39, 0.29) is 0 Å². The van der Waals surface area contributed by atoms with Crippen LogP contribution in [0.25, 0.3) is 114 Å². The molecule has 0 spiro atoms. The van der Waals surface area contributed by atoms with Crippen LogP contribution >= 0.6 is 0 Å². The fourth-order valence-corrected chi connectivity index (χ4v) is 11.7. The van der Waals surface area contributed by atoms with Gasteiger partial charge in [-0.2, -0.15) is 5.26 Å². The van der Waals surface area contributed by atoms with E-state index in [0.29, 0.717) is 22.4 Å². The lowest BCUT2D eigenvalue weighted by Crippen LogP contribution is -2.11. The van der Waals surface area contributed by atoms with E-state index in [1.165, 1.54) is 0 Å². The molecule has 0 saturated carbocycles. The van der Waals surface area contributed by atoms with E-state index in [1.807, 2.05) is 72.8 Å². The second-order valence-electron chi connectivity index (χ2n) is 19.3. The Morgan fingerprint density at radius 1 is 0.351 bits per heavy atom. The molecule has 0 aliphatic carbocycles. The number of hydrogen-bond donors (Lipinski definition) is 0. The van der Waals surface area contributed by atoms with Crippen LogP contribution < -0.4 is 9.80 Å². The zero-order valence-electron chi connectivity index (χ0n) is 41.1. The third-order valence-electron chi connectivity index (χ3n) is 15.1. The van der Waals surface area contributed by atoms with Crippen molar-refractivity contribution in [3.63, 3.8) is 0 Å². The first kappa shape index (κ1) is 43.7. The molecular formula is C70H40N4O3. The van der Waals surface area contributed by atoms with Gasteiger partial charge in [-0.15, -0.1) is 0 Å². The van der Waals surface area contributed by atoms with Crippen molar-refractivity contribution in [1.29, 1.82) is 5.26 Å². The van der Waals surface area contributed by atoms with E-state index in [0.717, 1.165) is 133 Å². The molecule has 0 bridgehead atoms. The maximum absolute atomic E-state index is 9.97. The molecule has 3 heterocycles. The number of rotatable bonds is 8. The average molecular weight is 985 g/mol. The molecule has 0 N–H and O–H groups in total. The Kier molecular flexibility index (Phi) is 9.87. The summed E-state index contributed by atoms with van der Waals surface area (Å²) in [5, 5.41) is 20.0. The minimum atomic E-state index is 0.548. The van der Waals surface area contributed by atoms with Crippen LogP contribution in [-0.2, 0) is 0 Å². The highest BCUT2D eigenvalue weighted by atomic mass is 16.3. The Morgan fingerprint density at radius 3 is 1.18 bits per heavy atom. The van der Waals surface area contributed by atoms with Crippen molar-refractivity contribution < 1.29 is 13.3 Å². The van der Waals surface area contributed by atoms with E-state index in [9.17, 15) is 5.26 Å². The largest absolute Gasteiger partial charge is 0.456 e. The predicted molar refractivity (Wildman–Crippen MR) is 315 cm³/mol. The maximum Gasteiger partial charge on any atom is 0.187 e. The summed E-state index contributed by atoms with van der Waals surface area (Å²) in [4.78, 5) is 8.23. The van der Waals surface area contributed by atoms with Gasteiger partial charge in [0, 0.05) is 77.7 Å². The summed E-state index contributed by atoms with van der Waals surface area (Å²) < 4.78 is 21.5. The molecule has 0 aliphatic rings. The second-order valence-corrected chi connectivity index (χ2v) is 19.3. The van der Waals surface area contributed by atoms with Crippen molar-refractivity contribution in [1.82, 2.24) is 0 Å². The van der Waals surface area contributed by atoms with E-state index < -0.39 is 0 Å². The van der Waals surface area contributed by atoms with Crippen LogP contribution in [0.4, 0.5) is 39.8 Å². The van der Waals surface area contributed by atoms with Crippen LogP contribution in [0, 0.1) is 17.9 Å². The van der Waals surface area contributed by atoms with Gasteiger partial charge in [0.15, 0.2) is 16.9 Å². The summed E-state index contributed by atoms with van der Waals surface area (Å²) in [6.45, 7) is 7.84. The SMILES string of the molecule is [C-]#[N+]c1ccc(N(c2cc3oc4cc(N(c5ccc(C#N)cc5)c5cccc6c5oc5c(-c7ccccc7)cccc56)c5ccccc5c4c3c3ccccc23)c2cccc3c2oc2c(-c4ccccc4)cccc23)cc1. The van der Waals surface area contributed by atoms with E-state index in [1.54, 1.807) is 0 Å². The summed E-state index contributed by atoms with van der Waals surface area (Å²) in [6.07, 6.45) is 0. The smallest absolute Gasteiger partial charge is 0.187 e. The highest BCUT2D eigenvalue weighted by molar-refractivity contribution is 6.31. The molecule has 7 nitrogen and oxygen atoms in total. The Bertz CT molecular complexity index is 4630. The number of para-hydroxylation sites is 4. The number of benzene rings is 12. The van der Waals surface area contributed by atoms with Gasteiger partial charge in [0.05, 0.1) is 41.0 Å². The second kappa shape index (κ2) is 17.4. The third-order valence-corrected chi connectivity index (χ3v) is 15.1. The molecule has 15 aromatic rings. The van der Waals surface area contributed by atoms with Gasteiger partial charge in [0.1, 0.15) is 22.3 Å². The summed E-state index contributed by atoms with van der Waals surface area (Å²) in [5.74, 6) is 0. The molecule has 12 aromatic carbocycles. The minimum Gasteiger partial charge on any atom is -0.456 e. The number of furan rings is 3. The lowest BCUT2D eigenvalue weighted by atomic mass is 9.96. The topological polar surface area (TPSA) is 74.1 Å². The lowest BCUT2D eigenvalue weighted by molar-refractivity contribution is 0.668. The monoisotopic (exact) mass is 984 g/mol. The summed E-state index contributed by atoms with van der Waals surface area (Å²) in [6, 6.07) is 85.1. The molecule has 0 amide bonds. The average Bonchev–Trinajstić information content (AvgIpc) is 4.40. The van der Waals surface area contributed by atoms with Crippen LogP contribution in [0.2, 0.25) is 0 Å². The molecule has 0 aliphatic heterocycles. The van der Waals surface area contributed by atoms with Crippen LogP contribution in [0.5, 0.6) is 0 Å². The molecule has 0 atom stereocenters. The normalized spacial score (nSPS) is 11.6. The van der Waals surface area contributed by atoms with Gasteiger partial charge in [-0.05, 0) is 70.4 Å². The molecule has 0 fully saturated rings. The first-order valence-electron chi connectivity index (χ1n) is 25.5. The van der Waals surface area contributed by atoms with Crippen LogP contribution in [0.15, 0.2) is 256 Å². The lowest BCUT2D eigenvalue weighted by Gasteiger charge is -2.27. The van der Waals surface area contributed by atoms with Crippen molar-refractivity contribution in [2.24, 2.45) is 0 Å². The molecule has 15 rings (SSSR count). The van der Waals surface area contributed by atoms with E-state index >= 15 is 0 Å². The highest BCUT2D eigenvalue weighted by Gasteiger charge is 2.28. The van der Waals surface area contributed by atoms with E-state index in [4.69, 9.17) is 19.8 Å². The molecule has 0 saturated heterocycles. The van der Waals surface area contributed by atoms with Gasteiger partial charge in [-0.25, -0.2) is 4.85 Å². The van der Waals surface area contributed by atoms with Crippen LogP contribution in [0.1, 0.15) is 5.56 Å². The Hall–Kier alpha value is -10.9. The van der Waals surface area contributed by atoms with Gasteiger partial charge in [0.25, 0.3) is 0 Å². The Balaban J connectivity index is 0.988. The predicted octanol–water partition coefficient (Wildman–Crippen LogP) is 20.4. The zero-order valence-corrected chi connectivity index (χ0v) is 41.1. The van der Waals surface area contributed by atoms with Crippen molar-refractivity contribution in [2.75, 3.05) is 9.80 Å². The fraction of sp³-hybridized carbons (Fsp3) is 0. The summed E-state index contributed by atoms with van der Waals surface area (Å²) >= 11 is 0. The molecule has 77 heavy (non-hydrogen) atoms. The number of nitrogens with zero attached hydrogens (tertiary/aromatic N) is 4. The Morgan fingerprint density at radius 2 is 0.740 bits per heavy atom. The van der Waals surface area contributed by atoms with E-state index in [2.05, 4.69) is 191 Å². The molecule has 0 unspecified atom stereocenters. The number of nitriles is 1. The molecule has 0 radical (unpaired) electrons. The zero-order chi connectivity index (χ0) is 51.1. The fourth-order valence-electron chi connectivity index (χ4n) is 11.7. The number of anilines is 6. The van der Waals surface area contributed by atoms with Crippen molar-refractivity contribution in [2.45, 2.75) is 0 Å². The third kappa shape index (κ3) is 6.82. The van der Waals surface area contributed by atoms with Crippen molar-refractivity contribution in [3.05, 3.63) is 260 Å². The maximum atomic E-state index is 9.97. The van der Waals surface area contributed by atoms with Gasteiger partial charge < -0.3 is 23.1 Å². The van der Waals surface area contributed by atoms with Crippen LogP contribution in [-0.4, -0.2) is 0 Å². The van der Waals surface area contributed by atoms with Crippen molar-refractivity contribution in [3.8, 4) is 28.3 Å². The quantitative estimate of drug-likeness (QED) is 0.141. The van der Waals surface area contributed by atoms with Gasteiger partial charge >= 0.3 is 0 Å². The summed E-state index contributed by atoms with van der Waals surface area (Å²) in [5.41, 5.74) is 15.0. The van der Waals surface area contributed by atoms with Crippen molar-refractivity contribution >= 4 is 127 Å². The first-order chi connectivity index (χ1) is 38.1.